The largest absolute Gasteiger partial charge is 0.457 e. The second kappa shape index (κ2) is 14.2. The highest BCUT2D eigenvalue weighted by Gasteiger charge is 2.32. The molecule has 0 radical (unpaired) electrons. The number of nitrogens with zero attached hydrogens (tertiary/aromatic N) is 2. The summed E-state index contributed by atoms with van der Waals surface area (Å²) in [6, 6.07) is 29.5. The Kier molecular flexibility index (Phi) is 10.4. The molecular formula is C33H34ClN3O5S. The summed E-state index contributed by atoms with van der Waals surface area (Å²) in [5.74, 6) is 0.213. The monoisotopic (exact) mass is 619 g/mol. The van der Waals surface area contributed by atoms with E-state index in [1.54, 1.807) is 73.7 Å². The molecule has 0 aliphatic rings. The number of hydrogen-bond donors (Lipinski definition) is 1. The molecule has 0 heterocycles. The van der Waals surface area contributed by atoms with Crippen LogP contribution in [0.25, 0.3) is 0 Å². The number of para-hydroxylation sites is 1. The number of amides is 2. The van der Waals surface area contributed by atoms with E-state index in [4.69, 9.17) is 16.3 Å². The van der Waals surface area contributed by atoms with Crippen LogP contribution in [0.2, 0.25) is 5.02 Å². The molecule has 4 aromatic carbocycles. The number of halogens is 1. The predicted octanol–water partition coefficient (Wildman–Crippen LogP) is 6.27. The van der Waals surface area contributed by atoms with Gasteiger partial charge < -0.3 is 15.0 Å². The lowest BCUT2D eigenvalue weighted by Gasteiger charge is -2.32. The normalized spacial score (nSPS) is 11.9. The van der Waals surface area contributed by atoms with E-state index in [0.717, 1.165) is 4.31 Å². The van der Waals surface area contributed by atoms with Crippen LogP contribution >= 0.6 is 11.6 Å². The Bertz CT molecular complexity index is 1630. The molecule has 0 unspecified atom stereocenters. The van der Waals surface area contributed by atoms with Gasteiger partial charge in [0.1, 0.15) is 24.1 Å². The van der Waals surface area contributed by atoms with Gasteiger partial charge in [0, 0.05) is 17.6 Å². The lowest BCUT2D eigenvalue weighted by Crippen LogP contribution is -2.52. The summed E-state index contributed by atoms with van der Waals surface area (Å²) >= 11 is 6.19. The van der Waals surface area contributed by atoms with Crippen molar-refractivity contribution in [2.45, 2.75) is 44.3 Å². The number of carbonyl (C=O) groups is 2. The van der Waals surface area contributed by atoms with E-state index < -0.39 is 28.5 Å². The number of benzene rings is 4. The van der Waals surface area contributed by atoms with Gasteiger partial charge in [-0.2, -0.15) is 0 Å². The smallest absolute Gasteiger partial charge is 0.264 e. The zero-order valence-corrected chi connectivity index (χ0v) is 25.8. The molecule has 0 fully saturated rings. The van der Waals surface area contributed by atoms with E-state index in [1.165, 1.54) is 17.0 Å². The first kappa shape index (κ1) is 31.6. The lowest BCUT2D eigenvalue weighted by molar-refractivity contribution is -0.139. The average molecular weight is 620 g/mol. The highest BCUT2D eigenvalue weighted by molar-refractivity contribution is 7.92. The molecule has 10 heteroatoms. The Hall–Kier alpha value is -4.34. The predicted molar refractivity (Wildman–Crippen MR) is 169 cm³/mol. The molecule has 0 aromatic heterocycles. The van der Waals surface area contributed by atoms with Gasteiger partial charge in [-0.25, -0.2) is 8.42 Å². The van der Waals surface area contributed by atoms with E-state index >= 15 is 0 Å². The maximum atomic E-state index is 14.0. The summed E-state index contributed by atoms with van der Waals surface area (Å²) in [6.45, 7) is 4.78. The van der Waals surface area contributed by atoms with E-state index in [2.05, 4.69) is 5.32 Å². The molecule has 2 amide bonds. The zero-order valence-electron chi connectivity index (χ0n) is 24.2. The standard InChI is InChI=1S/C33H34ClN3O5S/c1-24(2)35-33(39)25(3)36(22-26-11-10-12-27(34)21-26)32(38)23-37(43(40,41)31-15-8-5-9-16-31)28-17-19-30(20-18-28)42-29-13-6-4-7-14-29/h4-21,24-25H,22-23H2,1-3H3,(H,35,39)/t25-/m1/s1. The Morgan fingerprint density at radius 1 is 0.814 bits per heavy atom. The van der Waals surface area contributed by atoms with Crippen molar-refractivity contribution >= 4 is 39.1 Å². The van der Waals surface area contributed by atoms with Gasteiger partial charge in [-0.1, -0.05) is 60.1 Å². The molecule has 1 atom stereocenters. The van der Waals surface area contributed by atoms with E-state index in [0.29, 0.717) is 22.1 Å². The third-order valence-corrected chi connectivity index (χ3v) is 8.58. The molecular weight excluding hydrogens is 586 g/mol. The van der Waals surface area contributed by atoms with Crippen molar-refractivity contribution < 1.29 is 22.7 Å². The Morgan fingerprint density at radius 3 is 2.02 bits per heavy atom. The van der Waals surface area contributed by atoms with Gasteiger partial charge in [0.05, 0.1) is 10.6 Å². The van der Waals surface area contributed by atoms with Gasteiger partial charge in [0.15, 0.2) is 0 Å². The summed E-state index contributed by atoms with van der Waals surface area (Å²) in [7, 11) is -4.18. The van der Waals surface area contributed by atoms with Gasteiger partial charge in [-0.15, -0.1) is 0 Å². The van der Waals surface area contributed by atoms with Crippen molar-refractivity contribution in [1.29, 1.82) is 0 Å². The zero-order chi connectivity index (χ0) is 31.0. The van der Waals surface area contributed by atoms with Crippen molar-refractivity contribution in [2.24, 2.45) is 0 Å². The quantitative estimate of drug-likeness (QED) is 0.202. The van der Waals surface area contributed by atoms with Crippen LogP contribution in [-0.2, 0) is 26.2 Å². The summed E-state index contributed by atoms with van der Waals surface area (Å²) < 4.78 is 34.8. The van der Waals surface area contributed by atoms with Crippen molar-refractivity contribution in [2.75, 3.05) is 10.8 Å². The first-order valence-electron chi connectivity index (χ1n) is 13.8. The third-order valence-electron chi connectivity index (χ3n) is 6.55. The highest BCUT2D eigenvalue weighted by atomic mass is 35.5. The molecule has 0 spiro atoms. The van der Waals surface area contributed by atoms with Crippen molar-refractivity contribution in [3.63, 3.8) is 0 Å². The van der Waals surface area contributed by atoms with Crippen LogP contribution in [0.15, 0.2) is 114 Å². The maximum Gasteiger partial charge on any atom is 0.264 e. The fourth-order valence-corrected chi connectivity index (χ4v) is 6.02. The molecule has 4 rings (SSSR count). The van der Waals surface area contributed by atoms with Crippen LogP contribution in [0.1, 0.15) is 26.3 Å². The summed E-state index contributed by atoms with van der Waals surface area (Å²) in [5.41, 5.74) is 0.963. The first-order chi connectivity index (χ1) is 20.5. The number of ether oxygens (including phenoxy) is 1. The van der Waals surface area contributed by atoms with E-state index in [-0.39, 0.29) is 29.1 Å². The summed E-state index contributed by atoms with van der Waals surface area (Å²) in [4.78, 5) is 28.4. The first-order valence-corrected chi connectivity index (χ1v) is 15.6. The molecule has 43 heavy (non-hydrogen) atoms. The van der Waals surface area contributed by atoms with Crippen LogP contribution in [0.5, 0.6) is 11.5 Å². The Balaban J connectivity index is 1.69. The van der Waals surface area contributed by atoms with Gasteiger partial charge in [0.2, 0.25) is 11.8 Å². The minimum Gasteiger partial charge on any atom is -0.457 e. The topological polar surface area (TPSA) is 96.0 Å². The van der Waals surface area contributed by atoms with E-state index in [9.17, 15) is 18.0 Å². The fraction of sp³-hybridized carbons (Fsp3) is 0.212. The Labute approximate surface area is 257 Å². The van der Waals surface area contributed by atoms with Crippen LogP contribution in [0.4, 0.5) is 5.69 Å². The Morgan fingerprint density at radius 2 is 1.42 bits per heavy atom. The lowest BCUT2D eigenvalue weighted by atomic mass is 10.1. The number of nitrogens with one attached hydrogen (secondary N) is 1. The van der Waals surface area contributed by atoms with Crippen LogP contribution < -0.4 is 14.4 Å². The van der Waals surface area contributed by atoms with Gasteiger partial charge in [-0.05, 0) is 87.0 Å². The minimum absolute atomic E-state index is 0.0272. The number of hydrogen-bond acceptors (Lipinski definition) is 5. The minimum atomic E-state index is -4.18. The third kappa shape index (κ3) is 8.37. The SMILES string of the molecule is CC(C)NC(=O)[C@@H](C)N(Cc1cccc(Cl)c1)C(=O)CN(c1ccc(Oc2ccccc2)cc1)S(=O)(=O)c1ccccc1. The molecule has 0 aliphatic carbocycles. The molecule has 4 aromatic rings. The van der Waals surface area contributed by atoms with E-state index in [1.807, 2.05) is 44.2 Å². The highest BCUT2D eigenvalue weighted by Crippen LogP contribution is 2.28. The second-order valence-electron chi connectivity index (χ2n) is 10.2. The molecule has 8 nitrogen and oxygen atoms in total. The molecule has 0 bridgehead atoms. The number of rotatable bonds is 12. The maximum absolute atomic E-state index is 14.0. The summed E-state index contributed by atoms with van der Waals surface area (Å²) in [5, 5.41) is 3.32. The van der Waals surface area contributed by atoms with Gasteiger partial charge in [0.25, 0.3) is 10.0 Å². The molecule has 0 saturated heterocycles. The van der Waals surface area contributed by atoms with Crippen LogP contribution in [0, 0.1) is 0 Å². The van der Waals surface area contributed by atoms with Crippen LogP contribution in [0.3, 0.4) is 0 Å². The number of sulfonamides is 1. The molecule has 224 valence electrons. The van der Waals surface area contributed by atoms with Gasteiger partial charge >= 0.3 is 0 Å². The van der Waals surface area contributed by atoms with Gasteiger partial charge in [-0.3, -0.25) is 13.9 Å². The number of anilines is 1. The fourth-order valence-electron chi connectivity index (χ4n) is 4.37. The van der Waals surface area contributed by atoms with Crippen molar-refractivity contribution in [3.8, 4) is 11.5 Å². The molecule has 1 N–H and O–H groups in total. The number of carbonyl (C=O) groups excluding carboxylic acids is 2. The molecule has 0 aliphatic heterocycles. The summed E-state index contributed by atoms with van der Waals surface area (Å²) in [6.07, 6.45) is 0. The molecule has 0 saturated carbocycles. The average Bonchev–Trinajstić information content (AvgIpc) is 2.99. The van der Waals surface area contributed by atoms with Crippen molar-refractivity contribution in [1.82, 2.24) is 10.2 Å². The van der Waals surface area contributed by atoms with Crippen LogP contribution in [-0.4, -0.2) is 43.8 Å². The second-order valence-corrected chi connectivity index (χ2v) is 12.5. The van der Waals surface area contributed by atoms with Crippen molar-refractivity contribution in [3.05, 3.63) is 120 Å².